The molecule has 0 radical (unpaired) electrons. The second kappa shape index (κ2) is 10.3. The Morgan fingerprint density at radius 3 is 2.66 bits per heavy atom. The SMILES string of the molecule is CCNC(=NCc1cn(C)nc1C(F)(F)F)N1CCC(Cc2ccccc2)C1.I. The lowest BCUT2D eigenvalue weighted by atomic mass is 9.99. The van der Waals surface area contributed by atoms with Crippen LogP contribution in [0.3, 0.4) is 0 Å². The molecule has 1 N–H and O–H groups in total. The van der Waals surface area contributed by atoms with Crippen LogP contribution in [-0.2, 0) is 26.2 Å². The highest BCUT2D eigenvalue weighted by molar-refractivity contribution is 14.0. The molecule has 1 aromatic heterocycles. The molecule has 1 saturated heterocycles. The van der Waals surface area contributed by atoms with Gasteiger partial charge in [0.15, 0.2) is 11.7 Å². The molecule has 1 aliphatic rings. The van der Waals surface area contributed by atoms with Gasteiger partial charge in [0, 0.05) is 38.4 Å². The number of likely N-dealkylation sites (tertiary alicyclic amines) is 1. The Kier molecular flexibility index (Phi) is 8.35. The molecule has 0 saturated carbocycles. The molecule has 2 heterocycles. The number of hydrogen-bond donors (Lipinski definition) is 1. The van der Waals surface area contributed by atoms with Crippen molar-refractivity contribution in [3.05, 3.63) is 53.3 Å². The minimum Gasteiger partial charge on any atom is -0.357 e. The van der Waals surface area contributed by atoms with Crippen molar-refractivity contribution in [2.24, 2.45) is 18.0 Å². The third-order valence-electron chi connectivity index (χ3n) is 4.86. The largest absolute Gasteiger partial charge is 0.435 e. The highest BCUT2D eigenvalue weighted by Gasteiger charge is 2.37. The fourth-order valence-electron chi connectivity index (χ4n) is 3.62. The maximum absolute atomic E-state index is 13.1. The van der Waals surface area contributed by atoms with Crippen LogP contribution >= 0.6 is 24.0 Å². The third kappa shape index (κ3) is 6.35. The zero-order chi connectivity index (χ0) is 20.1. The van der Waals surface area contributed by atoms with Gasteiger partial charge in [-0.2, -0.15) is 18.3 Å². The van der Waals surface area contributed by atoms with E-state index in [1.807, 2.05) is 25.1 Å². The van der Waals surface area contributed by atoms with E-state index in [1.165, 1.54) is 23.5 Å². The first kappa shape index (κ1) is 23.5. The smallest absolute Gasteiger partial charge is 0.357 e. The summed E-state index contributed by atoms with van der Waals surface area (Å²) in [5, 5.41) is 6.76. The number of halogens is 4. The number of guanidine groups is 1. The van der Waals surface area contributed by atoms with Crippen LogP contribution in [0.1, 0.15) is 30.2 Å². The zero-order valence-electron chi connectivity index (χ0n) is 16.6. The van der Waals surface area contributed by atoms with E-state index < -0.39 is 11.9 Å². The molecule has 5 nitrogen and oxygen atoms in total. The molecule has 0 bridgehead atoms. The van der Waals surface area contributed by atoms with Crippen LogP contribution in [0.15, 0.2) is 41.5 Å². The fourth-order valence-corrected chi connectivity index (χ4v) is 3.62. The monoisotopic (exact) mass is 521 g/mol. The van der Waals surface area contributed by atoms with Crippen molar-refractivity contribution >= 4 is 29.9 Å². The number of nitrogens with one attached hydrogen (secondary N) is 1. The summed E-state index contributed by atoms with van der Waals surface area (Å²) in [6.45, 7) is 4.27. The number of aliphatic imine (C=N–C) groups is 1. The number of nitrogens with zero attached hydrogens (tertiary/aromatic N) is 4. The Hall–Kier alpha value is -1.78. The van der Waals surface area contributed by atoms with Crippen molar-refractivity contribution in [2.45, 2.75) is 32.5 Å². The number of alkyl halides is 3. The topological polar surface area (TPSA) is 45.5 Å². The summed E-state index contributed by atoms with van der Waals surface area (Å²) < 4.78 is 40.6. The molecule has 160 valence electrons. The van der Waals surface area contributed by atoms with Gasteiger partial charge in [-0.15, -0.1) is 24.0 Å². The average Bonchev–Trinajstić information content (AvgIpc) is 3.26. The molecule has 29 heavy (non-hydrogen) atoms. The molecular formula is C20H27F3IN5. The average molecular weight is 521 g/mol. The van der Waals surface area contributed by atoms with Gasteiger partial charge in [0.2, 0.25) is 0 Å². The minimum atomic E-state index is -4.47. The maximum atomic E-state index is 13.1. The summed E-state index contributed by atoms with van der Waals surface area (Å²) in [4.78, 5) is 6.61. The van der Waals surface area contributed by atoms with Crippen molar-refractivity contribution in [1.82, 2.24) is 20.0 Å². The van der Waals surface area contributed by atoms with Crippen molar-refractivity contribution in [2.75, 3.05) is 19.6 Å². The summed E-state index contributed by atoms with van der Waals surface area (Å²) in [6, 6.07) is 10.3. The van der Waals surface area contributed by atoms with Crippen LogP contribution in [0.5, 0.6) is 0 Å². The van der Waals surface area contributed by atoms with Crippen LogP contribution in [0, 0.1) is 5.92 Å². The summed E-state index contributed by atoms with van der Waals surface area (Å²) in [6.07, 6.45) is -1.05. The molecule has 9 heteroatoms. The highest BCUT2D eigenvalue weighted by Crippen LogP contribution is 2.31. The van der Waals surface area contributed by atoms with Gasteiger partial charge >= 0.3 is 6.18 Å². The number of benzene rings is 1. The van der Waals surface area contributed by atoms with Crippen LogP contribution in [0.25, 0.3) is 0 Å². The van der Waals surface area contributed by atoms with Crippen molar-refractivity contribution < 1.29 is 13.2 Å². The first-order valence-corrected chi connectivity index (χ1v) is 9.53. The predicted molar refractivity (Wildman–Crippen MR) is 118 cm³/mol. The van der Waals surface area contributed by atoms with E-state index in [9.17, 15) is 13.2 Å². The normalized spacial score (nSPS) is 17.3. The van der Waals surface area contributed by atoms with E-state index in [4.69, 9.17) is 0 Å². The molecule has 3 rings (SSSR count). The van der Waals surface area contributed by atoms with E-state index in [0.717, 1.165) is 25.9 Å². The van der Waals surface area contributed by atoms with Crippen molar-refractivity contribution in [1.29, 1.82) is 0 Å². The summed E-state index contributed by atoms with van der Waals surface area (Å²) in [5.74, 6) is 1.17. The summed E-state index contributed by atoms with van der Waals surface area (Å²) >= 11 is 0. The molecule has 0 spiro atoms. The predicted octanol–water partition coefficient (Wildman–Crippen LogP) is 4.09. The Morgan fingerprint density at radius 2 is 2.00 bits per heavy atom. The van der Waals surface area contributed by atoms with E-state index in [2.05, 4.69) is 32.4 Å². The maximum Gasteiger partial charge on any atom is 0.435 e. The molecule has 0 aliphatic carbocycles. The van der Waals surface area contributed by atoms with E-state index in [0.29, 0.717) is 18.4 Å². The zero-order valence-corrected chi connectivity index (χ0v) is 18.9. The Bertz CT molecular complexity index is 804. The highest BCUT2D eigenvalue weighted by atomic mass is 127. The van der Waals surface area contributed by atoms with Gasteiger partial charge in [-0.1, -0.05) is 30.3 Å². The molecule has 1 aromatic carbocycles. The second-order valence-electron chi connectivity index (χ2n) is 7.13. The first-order chi connectivity index (χ1) is 13.4. The minimum absolute atomic E-state index is 0. The summed E-state index contributed by atoms with van der Waals surface area (Å²) in [5.41, 5.74) is 0.532. The lowest BCUT2D eigenvalue weighted by molar-refractivity contribution is -0.142. The third-order valence-corrected chi connectivity index (χ3v) is 4.86. The number of rotatable bonds is 5. The van der Waals surface area contributed by atoms with E-state index in [-0.39, 0.29) is 36.1 Å². The molecule has 1 fully saturated rings. The van der Waals surface area contributed by atoms with E-state index >= 15 is 0 Å². The van der Waals surface area contributed by atoms with Crippen LogP contribution in [0.4, 0.5) is 13.2 Å². The van der Waals surface area contributed by atoms with Gasteiger partial charge in [-0.3, -0.25) is 4.68 Å². The van der Waals surface area contributed by atoms with Gasteiger partial charge in [-0.05, 0) is 31.2 Å². The molecular weight excluding hydrogens is 494 g/mol. The van der Waals surface area contributed by atoms with Crippen LogP contribution in [-0.4, -0.2) is 40.3 Å². The lowest BCUT2D eigenvalue weighted by Crippen LogP contribution is -2.40. The van der Waals surface area contributed by atoms with Gasteiger partial charge in [0.1, 0.15) is 0 Å². The van der Waals surface area contributed by atoms with E-state index in [1.54, 1.807) is 0 Å². The Labute approximate surface area is 186 Å². The quantitative estimate of drug-likeness (QED) is 0.367. The van der Waals surface area contributed by atoms with Gasteiger partial charge in [0.05, 0.1) is 6.54 Å². The molecule has 1 unspecified atom stereocenters. The molecule has 0 amide bonds. The van der Waals surface area contributed by atoms with Crippen LogP contribution in [0.2, 0.25) is 0 Å². The molecule has 1 aliphatic heterocycles. The van der Waals surface area contributed by atoms with Gasteiger partial charge < -0.3 is 10.2 Å². The second-order valence-corrected chi connectivity index (χ2v) is 7.13. The Balaban J connectivity index is 0.00000300. The van der Waals surface area contributed by atoms with Gasteiger partial charge in [0.25, 0.3) is 0 Å². The standard InChI is InChI=1S/C20H26F3N5.HI/c1-3-24-19(25-12-17-14-27(2)26-18(17)20(21,22)23)28-10-9-16(13-28)11-15-7-5-4-6-8-15;/h4-8,14,16H,3,9-13H2,1-2H3,(H,24,25);1H. The first-order valence-electron chi connectivity index (χ1n) is 9.53. The van der Waals surface area contributed by atoms with Crippen molar-refractivity contribution in [3.63, 3.8) is 0 Å². The number of aromatic nitrogens is 2. The summed E-state index contributed by atoms with van der Waals surface area (Å²) in [7, 11) is 1.49. The molecule has 2 aromatic rings. The number of aryl methyl sites for hydroxylation is 1. The number of hydrogen-bond acceptors (Lipinski definition) is 2. The van der Waals surface area contributed by atoms with Crippen LogP contribution < -0.4 is 5.32 Å². The lowest BCUT2D eigenvalue weighted by Gasteiger charge is -2.21. The van der Waals surface area contributed by atoms with Crippen molar-refractivity contribution in [3.8, 4) is 0 Å². The fraction of sp³-hybridized carbons (Fsp3) is 0.500. The Morgan fingerprint density at radius 1 is 1.28 bits per heavy atom. The molecule has 1 atom stereocenters. The van der Waals surface area contributed by atoms with Gasteiger partial charge in [-0.25, -0.2) is 4.99 Å².